The topological polar surface area (TPSA) is 54.0 Å². The molecule has 0 aromatic carbocycles. The zero-order valence-corrected chi connectivity index (χ0v) is 11.7. The molecule has 0 aliphatic rings. The monoisotopic (exact) mass is 321 g/mol. The molecule has 0 aliphatic carbocycles. The number of alkyl halides is 3. The molecule has 1 amide bonds. The number of anilines is 1. The van der Waals surface area contributed by atoms with E-state index >= 15 is 0 Å². The maximum absolute atomic E-state index is 12.3. The van der Waals surface area contributed by atoms with Crippen molar-refractivity contribution in [3.8, 4) is 0 Å². The van der Waals surface area contributed by atoms with Crippen molar-refractivity contribution < 1.29 is 18.0 Å². The molecule has 20 heavy (non-hydrogen) atoms. The van der Waals surface area contributed by atoms with E-state index in [0.717, 1.165) is 6.20 Å². The van der Waals surface area contributed by atoms with E-state index in [4.69, 9.17) is 0 Å². The molecule has 0 saturated carbocycles. The van der Waals surface area contributed by atoms with E-state index in [1.54, 1.807) is 17.5 Å². The molecule has 0 unspecified atom stereocenters. The predicted octanol–water partition coefficient (Wildman–Crippen LogP) is 3.07. The minimum Gasteiger partial charge on any atom is -0.360 e. The third-order valence-electron chi connectivity index (χ3n) is 2.22. The lowest BCUT2D eigenvalue weighted by Crippen LogP contribution is -2.28. The minimum atomic E-state index is -4.37. The van der Waals surface area contributed by atoms with Crippen LogP contribution >= 0.6 is 22.7 Å². The Bertz CT molecular complexity index is 566. The molecule has 2 aromatic heterocycles. The normalized spacial score (nSPS) is 11.3. The number of halogens is 3. The van der Waals surface area contributed by atoms with Gasteiger partial charge >= 0.3 is 6.18 Å². The van der Waals surface area contributed by atoms with E-state index in [1.807, 2.05) is 0 Å². The summed E-state index contributed by atoms with van der Waals surface area (Å²) in [4.78, 5) is 15.0. The van der Waals surface area contributed by atoms with Crippen molar-refractivity contribution in [2.75, 3.05) is 18.4 Å². The van der Waals surface area contributed by atoms with Gasteiger partial charge in [0.15, 0.2) is 5.13 Å². The Labute approximate surface area is 120 Å². The first kappa shape index (κ1) is 14.8. The molecule has 0 atom stereocenters. The van der Waals surface area contributed by atoms with Crippen LogP contribution in [0.2, 0.25) is 0 Å². The van der Waals surface area contributed by atoms with Gasteiger partial charge in [0.25, 0.3) is 5.91 Å². The molecule has 108 valence electrons. The average Bonchev–Trinajstić information content (AvgIpc) is 3.04. The highest BCUT2D eigenvalue weighted by molar-refractivity contribution is 7.15. The maximum Gasteiger partial charge on any atom is 0.427 e. The predicted molar refractivity (Wildman–Crippen MR) is 72.3 cm³/mol. The zero-order chi connectivity index (χ0) is 14.6. The van der Waals surface area contributed by atoms with Crippen molar-refractivity contribution in [1.29, 1.82) is 0 Å². The van der Waals surface area contributed by atoms with Crippen LogP contribution in [-0.4, -0.2) is 24.0 Å². The van der Waals surface area contributed by atoms with Crippen LogP contribution in [0.3, 0.4) is 0 Å². The molecule has 0 fully saturated rings. The summed E-state index contributed by atoms with van der Waals surface area (Å²) in [6.45, 7) is 0.611. The molecule has 0 spiro atoms. The van der Waals surface area contributed by atoms with Crippen molar-refractivity contribution >= 4 is 33.7 Å². The summed E-state index contributed by atoms with van der Waals surface area (Å²) in [7, 11) is 0. The second kappa shape index (κ2) is 6.23. The molecule has 2 heterocycles. The molecule has 4 nitrogen and oxygen atoms in total. The first-order chi connectivity index (χ1) is 9.47. The van der Waals surface area contributed by atoms with Gasteiger partial charge in [0.1, 0.15) is 4.88 Å². The van der Waals surface area contributed by atoms with Gasteiger partial charge in [0, 0.05) is 13.1 Å². The third kappa shape index (κ3) is 3.94. The van der Waals surface area contributed by atoms with Gasteiger partial charge in [-0.25, -0.2) is 4.98 Å². The van der Waals surface area contributed by atoms with Gasteiger partial charge in [0.2, 0.25) is 0 Å². The molecular weight excluding hydrogens is 311 g/mol. The van der Waals surface area contributed by atoms with Crippen molar-refractivity contribution in [1.82, 2.24) is 10.3 Å². The van der Waals surface area contributed by atoms with E-state index in [0.29, 0.717) is 29.3 Å². The average molecular weight is 321 g/mol. The fourth-order valence-corrected chi connectivity index (χ4v) is 2.68. The molecule has 0 bridgehead atoms. The Balaban J connectivity index is 1.74. The summed E-state index contributed by atoms with van der Waals surface area (Å²) in [6, 6.07) is 3.47. The van der Waals surface area contributed by atoms with Crippen LogP contribution in [0.1, 0.15) is 14.5 Å². The highest BCUT2D eigenvalue weighted by Gasteiger charge is 2.33. The summed E-state index contributed by atoms with van der Waals surface area (Å²) in [5, 5.41) is 7.37. The van der Waals surface area contributed by atoms with Gasteiger partial charge in [-0.1, -0.05) is 17.4 Å². The quantitative estimate of drug-likeness (QED) is 0.832. The molecule has 2 N–H and O–H groups in total. The van der Waals surface area contributed by atoms with Crippen molar-refractivity contribution in [2.45, 2.75) is 6.18 Å². The van der Waals surface area contributed by atoms with E-state index < -0.39 is 11.1 Å². The van der Waals surface area contributed by atoms with E-state index in [9.17, 15) is 18.0 Å². The Morgan fingerprint density at radius 2 is 2.15 bits per heavy atom. The number of thiazole rings is 1. The first-order valence-corrected chi connectivity index (χ1v) is 7.25. The largest absolute Gasteiger partial charge is 0.427 e. The van der Waals surface area contributed by atoms with Gasteiger partial charge in [-0.05, 0) is 11.4 Å². The number of thiophene rings is 1. The van der Waals surface area contributed by atoms with Crippen molar-refractivity contribution in [3.63, 3.8) is 0 Å². The number of nitrogens with one attached hydrogen (secondary N) is 2. The van der Waals surface area contributed by atoms with Crippen LogP contribution < -0.4 is 10.6 Å². The van der Waals surface area contributed by atoms with Crippen LogP contribution in [0, 0.1) is 0 Å². The fraction of sp³-hybridized carbons (Fsp3) is 0.273. The summed E-state index contributed by atoms with van der Waals surface area (Å²) < 4.78 is 37.0. The maximum atomic E-state index is 12.3. The highest BCUT2D eigenvalue weighted by atomic mass is 32.1. The third-order valence-corrected chi connectivity index (χ3v) is 4.09. The first-order valence-electron chi connectivity index (χ1n) is 5.55. The lowest BCUT2D eigenvalue weighted by molar-refractivity contribution is -0.134. The van der Waals surface area contributed by atoms with E-state index in [-0.39, 0.29) is 11.0 Å². The number of rotatable bonds is 5. The van der Waals surface area contributed by atoms with Crippen LogP contribution in [0.15, 0.2) is 23.7 Å². The summed E-state index contributed by atoms with van der Waals surface area (Å²) in [6.07, 6.45) is -3.58. The number of nitrogens with zero attached hydrogens (tertiary/aromatic N) is 1. The van der Waals surface area contributed by atoms with Crippen LogP contribution in [-0.2, 0) is 6.18 Å². The summed E-state index contributed by atoms with van der Waals surface area (Å²) in [5.74, 6) is -0.197. The molecule has 0 aliphatic heterocycles. The molecule has 0 radical (unpaired) electrons. The molecule has 2 aromatic rings. The lowest BCUT2D eigenvalue weighted by atomic mass is 10.4. The number of hydrogen-bond donors (Lipinski definition) is 2. The SMILES string of the molecule is O=C(NCCNc1ncc(C(F)(F)F)s1)c1cccs1. The van der Waals surface area contributed by atoms with Crippen molar-refractivity contribution in [3.05, 3.63) is 33.5 Å². The number of hydrogen-bond acceptors (Lipinski definition) is 5. The Morgan fingerprint density at radius 1 is 1.35 bits per heavy atom. The van der Waals surface area contributed by atoms with Crippen molar-refractivity contribution in [2.24, 2.45) is 0 Å². The van der Waals surface area contributed by atoms with Crippen LogP contribution in [0.4, 0.5) is 18.3 Å². The highest BCUT2D eigenvalue weighted by Crippen LogP contribution is 2.34. The number of amides is 1. The van der Waals surface area contributed by atoms with Gasteiger partial charge in [-0.2, -0.15) is 13.2 Å². The minimum absolute atomic E-state index is 0.183. The molecule has 9 heteroatoms. The second-order valence-corrected chi connectivity index (χ2v) is 5.67. The Morgan fingerprint density at radius 3 is 2.75 bits per heavy atom. The summed E-state index contributed by atoms with van der Waals surface area (Å²) in [5.41, 5.74) is 0. The number of aromatic nitrogens is 1. The Kier molecular flexibility index (Phi) is 4.61. The van der Waals surface area contributed by atoms with Crippen LogP contribution in [0.25, 0.3) is 0 Å². The molecular formula is C11H10F3N3OS2. The Hall–Kier alpha value is -1.61. The second-order valence-electron chi connectivity index (χ2n) is 3.69. The van der Waals surface area contributed by atoms with Gasteiger partial charge < -0.3 is 10.6 Å². The smallest absolute Gasteiger partial charge is 0.360 e. The summed E-state index contributed by atoms with van der Waals surface area (Å²) >= 11 is 1.86. The molecule has 2 rings (SSSR count). The van der Waals surface area contributed by atoms with E-state index in [2.05, 4.69) is 15.6 Å². The number of carbonyl (C=O) groups excluding carboxylic acids is 1. The van der Waals surface area contributed by atoms with Gasteiger partial charge in [-0.15, -0.1) is 11.3 Å². The van der Waals surface area contributed by atoms with E-state index in [1.165, 1.54) is 11.3 Å². The van der Waals surface area contributed by atoms with Crippen LogP contribution in [0.5, 0.6) is 0 Å². The van der Waals surface area contributed by atoms with Gasteiger partial charge in [-0.3, -0.25) is 4.79 Å². The lowest BCUT2D eigenvalue weighted by Gasteiger charge is -2.04. The zero-order valence-electron chi connectivity index (χ0n) is 10.0. The number of carbonyl (C=O) groups is 1. The van der Waals surface area contributed by atoms with Gasteiger partial charge in [0.05, 0.1) is 11.1 Å². The standard InChI is InChI=1S/C11H10F3N3OS2/c12-11(13,14)8-6-17-10(20-8)16-4-3-15-9(18)7-2-1-5-19-7/h1-2,5-6H,3-4H2,(H,15,18)(H,16,17). The fourth-order valence-electron chi connectivity index (χ4n) is 1.33. The molecule has 0 saturated heterocycles.